The Balaban J connectivity index is 2.64. The molecule has 0 unspecified atom stereocenters. The van der Waals surface area contributed by atoms with Crippen molar-refractivity contribution in [2.75, 3.05) is 0 Å². The highest BCUT2D eigenvalue weighted by atomic mass is 16.1. The Bertz CT molecular complexity index is 783. The summed E-state index contributed by atoms with van der Waals surface area (Å²) in [5.41, 5.74) is 2.52. The first kappa shape index (κ1) is 11.0. The van der Waals surface area contributed by atoms with E-state index in [1.165, 1.54) is 0 Å². The summed E-state index contributed by atoms with van der Waals surface area (Å²) in [6.07, 6.45) is 1.75. The van der Waals surface area contributed by atoms with E-state index in [4.69, 9.17) is 0 Å². The van der Waals surface area contributed by atoms with Gasteiger partial charge in [-0.1, -0.05) is 18.2 Å². The molecule has 4 nitrogen and oxygen atoms in total. The smallest absolute Gasteiger partial charge is 0.277 e. The molecule has 18 heavy (non-hydrogen) atoms. The average Bonchev–Trinajstić information content (AvgIpc) is 2.84. The van der Waals surface area contributed by atoms with Gasteiger partial charge in [0.25, 0.3) is 5.56 Å². The van der Waals surface area contributed by atoms with Crippen LogP contribution in [-0.2, 0) is 13.1 Å². The van der Waals surface area contributed by atoms with Gasteiger partial charge >= 0.3 is 0 Å². The van der Waals surface area contributed by atoms with E-state index < -0.39 is 0 Å². The Labute approximate surface area is 104 Å². The van der Waals surface area contributed by atoms with E-state index >= 15 is 0 Å². The van der Waals surface area contributed by atoms with Crippen molar-refractivity contribution in [1.82, 2.24) is 14.1 Å². The SMILES string of the molecule is CCn1cnc2c3ccccc3n(CC)c(=O)c21. The zero-order valence-corrected chi connectivity index (χ0v) is 10.6. The van der Waals surface area contributed by atoms with E-state index in [0.717, 1.165) is 23.0 Å². The Kier molecular flexibility index (Phi) is 2.44. The number of imidazole rings is 1. The highest BCUT2D eigenvalue weighted by molar-refractivity contribution is 6.02. The fourth-order valence-electron chi connectivity index (χ4n) is 2.50. The second-order valence-corrected chi connectivity index (χ2v) is 4.29. The quantitative estimate of drug-likeness (QED) is 0.691. The molecule has 92 valence electrons. The van der Waals surface area contributed by atoms with Crippen LogP contribution in [0, 0.1) is 0 Å². The molecule has 2 heterocycles. The summed E-state index contributed by atoms with van der Waals surface area (Å²) in [6.45, 7) is 5.44. The lowest BCUT2D eigenvalue weighted by Gasteiger charge is -2.09. The molecule has 0 atom stereocenters. The normalized spacial score (nSPS) is 11.4. The fraction of sp³-hybridized carbons (Fsp3) is 0.286. The Hall–Kier alpha value is -2.10. The van der Waals surface area contributed by atoms with E-state index in [1.807, 2.05) is 47.2 Å². The van der Waals surface area contributed by atoms with Crippen LogP contribution in [0.5, 0.6) is 0 Å². The molecule has 0 bridgehead atoms. The highest BCUT2D eigenvalue weighted by Crippen LogP contribution is 2.21. The number of aromatic nitrogens is 3. The maximum Gasteiger partial charge on any atom is 0.277 e. The van der Waals surface area contributed by atoms with E-state index in [9.17, 15) is 4.79 Å². The van der Waals surface area contributed by atoms with Gasteiger partial charge in [0.1, 0.15) is 11.0 Å². The van der Waals surface area contributed by atoms with Crippen LogP contribution in [0.25, 0.3) is 21.9 Å². The van der Waals surface area contributed by atoms with Crippen molar-refractivity contribution in [3.05, 3.63) is 40.9 Å². The van der Waals surface area contributed by atoms with E-state index in [0.29, 0.717) is 12.1 Å². The van der Waals surface area contributed by atoms with Crippen LogP contribution < -0.4 is 5.56 Å². The summed E-state index contributed by atoms with van der Waals surface area (Å²) in [7, 11) is 0. The van der Waals surface area contributed by atoms with Crippen LogP contribution in [0.4, 0.5) is 0 Å². The molecule has 0 aliphatic heterocycles. The van der Waals surface area contributed by atoms with Crippen molar-refractivity contribution < 1.29 is 0 Å². The van der Waals surface area contributed by atoms with Crippen molar-refractivity contribution in [1.29, 1.82) is 0 Å². The number of pyridine rings is 1. The van der Waals surface area contributed by atoms with E-state index in [1.54, 1.807) is 6.33 Å². The third-order valence-electron chi connectivity index (χ3n) is 3.39. The van der Waals surface area contributed by atoms with Crippen molar-refractivity contribution in [3.63, 3.8) is 0 Å². The number of nitrogens with zero attached hydrogens (tertiary/aromatic N) is 3. The highest BCUT2D eigenvalue weighted by Gasteiger charge is 2.13. The molecule has 0 radical (unpaired) electrons. The standard InChI is InChI=1S/C14H15N3O/c1-3-16-9-15-12-10-7-5-6-8-11(10)17(4-2)14(18)13(12)16/h5-9H,3-4H2,1-2H3. The summed E-state index contributed by atoms with van der Waals surface area (Å²) in [5, 5.41) is 1.04. The van der Waals surface area contributed by atoms with Gasteiger partial charge in [-0.25, -0.2) is 4.98 Å². The van der Waals surface area contributed by atoms with Crippen molar-refractivity contribution >= 4 is 21.9 Å². The monoisotopic (exact) mass is 241 g/mol. The minimum atomic E-state index is 0.0468. The van der Waals surface area contributed by atoms with Gasteiger partial charge in [0.2, 0.25) is 0 Å². The second-order valence-electron chi connectivity index (χ2n) is 4.29. The molecular formula is C14H15N3O. The molecule has 0 spiro atoms. The Morgan fingerprint density at radius 1 is 1.17 bits per heavy atom. The van der Waals surface area contributed by atoms with Gasteiger partial charge in [-0.3, -0.25) is 4.79 Å². The minimum absolute atomic E-state index is 0.0468. The summed E-state index contributed by atoms with van der Waals surface area (Å²) >= 11 is 0. The molecule has 3 aromatic rings. The maximum atomic E-state index is 12.5. The summed E-state index contributed by atoms with van der Waals surface area (Å²) in [4.78, 5) is 16.9. The number of hydrogen-bond donors (Lipinski definition) is 0. The summed E-state index contributed by atoms with van der Waals surface area (Å²) < 4.78 is 3.72. The maximum absolute atomic E-state index is 12.5. The molecule has 2 aromatic heterocycles. The molecule has 0 saturated heterocycles. The lowest BCUT2D eigenvalue weighted by Crippen LogP contribution is -2.21. The van der Waals surface area contributed by atoms with E-state index in [-0.39, 0.29) is 5.56 Å². The molecule has 0 amide bonds. The number of aryl methyl sites for hydroxylation is 2. The van der Waals surface area contributed by atoms with Crippen molar-refractivity contribution in [3.8, 4) is 0 Å². The third-order valence-corrected chi connectivity index (χ3v) is 3.39. The Morgan fingerprint density at radius 2 is 1.94 bits per heavy atom. The van der Waals surface area contributed by atoms with Gasteiger partial charge in [-0.05, 0) is 19.9 Å². The van der Waals surface area contributed by atoms with Gasteiger partial charge in [-0.2, -0.15) is 0 Å². The number of fused-ring (bicyclic) bond motifs is 3. The predicted octanol–water partition coefficient (Wildman–Crippen LogP) is 2.39. The van der Waals surface area contributed by atoms with E-state index in [2.05, 4.69) is 4.98 Å². The molecular weight excluding hydrogens is 226 g/mol. The van der Waals surface area contributed by atoms with Gasteiger partial charge in [0, 0.05) is 18.5 Å². The molecule has 0 aliphatic rings. The second kappa shape index (κ2) is 3.98. The van der Waals surface area contributed by atoms with Gasteiger partial charge in [-0.15, -0.1) is 0 Å². The molecule has 3 rings (SSSR count). The zero-order valence-electron chi connectivity index (χ0n) is 10.6. The lowest BCUT2D eigenvalue weighted by atomic mass is 10.2. The molecule has 0 N–H and O–H groups in total. The van der Waals surface area contributed by atoms with Crippen LogP contribution in [-0.4, -0.2) is 14.1 Å². The molecule has 0 saturated carbocycles. The first-order chi connectivity index (χ1) is 8.77. The largest absolute Gasteiger partial charge is 0.326 e. The average molecular weight is 241 g/mol. The van der Waals surface area contributed by atoms with Crippen LogP contribution in [0.3, 0.4) is 0 Å². The van der Waals surface area contributed by atoms with Crippen LogP contribution in [0.1, 0.15) is 13.8 Å². The molecule has 0 fully saturated rings. The Morgan fingerprint density at radius 3 is 2.67 bits per heavy atom. The predicted molar refractivity (Wildman–Crippen MR) is 72.8 cm³/mol. The first-order valence-electron chi connectivity index (χ1n) is 6.24. The molecule has 4 heteroatoms. The van der Waals surface area contributed by atoms with Gasteiger partial charge in [0.15, 0.2) is 0 Å². The van der Waals surface area contributed by atoms with Crippen molar-refractivity contribution in [2.45, 2.75) is 26.9 Å². The van der Waals surface area contributed by atoms with Crippen LogP contribution >= 0.6 is 0 Å². The van der Waals surface area contributed by atoms with Gasteiger partial charge < -0.3 is 9.13 Å². The third kappa shape index (κ3) is 1.32. The lowest BCUT2D eigenvalue weighted by molar-refractivity contribution is 0.742. The van der Waals surface area contributed by atoms with Crippen molar-refractivity contribution in [2.24, 2.45) is 0 Å². The van der Waals surface area contributed by atoms with Gasteiger partial charge in [0.05, 0.1) is 11.8 Å². The summed E-state index contributed by atoms with van der Waals surface area (Å²) in [5.74, 6) is 0. The molecule has 0 aliphatic carbocycles. The minimum Gasteiger partial charge on any atom is -0.326 e. The number of benzene rings is 1. The number of para-hydroxylation sites is 1. The topological polar surface area (TPSA) is 39.8 Å². The van der Waals surface area contributed by atoms with Crippen LogP contribution in [0.15, 0.2) is 35.4 Å². The fourth-order valence-corrected chi connectivity index (χ4v) is 2.50. The molecule has 1 aromatic carbocycles. The zero-order chi connectivity index (χ0) is 12.7. The number of hydrogen-bond acceptors (Lipinski definition) is 2. The summed E-state index contributed by atoms with van der Waals surface area (Å²) in [6, 6.07) is 7.94. The van der Waals surface area contributed by atoms with Crippen LogP contribution in [0.2, 0.25) is 0 Å². The number of rotatable bonds is 2. The first-order valence-corrected chi connectivity index (χ1v) is 6.24.